The van der Waals surface area contributed by atoms with Crippen LogP contribution < -0.4 is 5.32 Å². The molecule has 2 heterocycles. The fraction of sp³-hybridized carbons (Fsp3) is 0.429. The molecule has 14 heavy (non-hydrogen) atoms. The van der Waals surface area contributed by atoms with Crippen molar-refractivity contribution < 1.29 is 0 Å². The summed E-state index contributed by atoms with van der Waals surface area (Å²) in [5.41, 5.74) is 0.748. The topological polar surface area (TPSA) is 79.4 Å². The smallest absolute Gasteiger partial charge is 0.169 e. The zero-order valence-electron chi connectivity index (χ0n) is 7.69. The van der Waals surface area contributed by atoms with Crippen molar-refractivity contribution in [3.05, 3.63) is 11.2 Å². The van der Waals surface area contributed by atoms with Gasteiger partial charge in [-0.2, -0.15) is 15.4 Å². The van der Waals surface area contributed by atoms with Crippen molar-refractivity contribution in [1.29, 1.82) is 0 Å². The Morgan fingerprint density at radius 2 is 2.43 bits per heavy atom. The van der Waals surface area contributed by atoms with E-state index in [-0.39, 0.29) is 0 Å². The van der Waals surface area contributed by atoms with Crippen molar-refractivity contribution in [3.63, 3.8) is 0 Å². The molecular formula is C7H10N6S. The third-order valence-electron chi connectivity index (χ3n) is 1.69. The third-order valence-corrected chi connectivity index (χ3v) is 2.70. The molecule has 0 saturated heterocycles. The quantitative estimate of drug-likeness (QED) is 0.747. The van der Waals surface area contributed by atoms with Gasteiger partial charge in [-0.1, -0.05) is 11.3 Å². The van der Waals surface area contributed by atoms with E-state index in [0.717, 1.165) is 28.7 Å². The molecule has 2 aromatic heterocycles. The molecule has 2 aromatic rings. The maximum atomic E-state index is 4.06. The molecule has 2 rings (SSSR count). The summed E-state index contributed by atoms with van der Waals surface area (Å²) in [6.07, 6.45) is 2.54. The van der Waals surface area contributed by atoms with Gasteiger partial charge >= 0.3 is 0 Å². The summed E-state index contributed by atoms with van der Waals surface area (Å²) in [5, 5.41) is 23.2. The highest BCUT2D eigenvalue weighted by atomic mass is 32.1. The molecule has 6 nitrogen and oxygen atoms in total. The largest absolute Gasteiger partial charge is 0.319 e. The Balaban J connectivity index is 2.10. The van der Waals surface area contributed by atoms with Crippen LogP contribution in [0, 0.1) is 0 Å². The molecule has 0 radical (unpaired) electrons. The summed E-state index contributed by atoms with van der Waals surface area (Å²) in [5.74, 6) is 0. The van der Waals surface area contributed by atoms with Crippen molar-refractivity contribution in [2.45, 2.75) is 6.42 Å². The number of aromatic nitrogens is 5. The first kappa shape index (κ1) is 9.22. The van der Waals surface area contributed by atoms with Crippen LogP contribution in [0.3, 0.4) is 0 Å². The van der Waals surface area contributed by atoms with Crippen LogP contribution in [0.4, 0.5) is 0 Å². The Labute approximate surface area is 84.8 Å². The molecule has 0 aromatic carbocycles. The van der Waals surface area contributed by atoms with Gasteiger partial charge in [-0.3, -0.25) is 0 Å². The lowest BCUT2D eigenvalue weighted by atomic mass is 10.4. The highest BCUT2D eigenvalue weighted by molar-refractivity contribution is 7.14. The van der Waals surface area contributed by atoms with Crippen LogP contribution in [0.15, 0.2) is 6.20 Å². The van der Waals surface area contributed by atoms with E-state index in [2.05, 4.69) is 30.9 Å². The van der Waals surface area contributed by atoms with Crippen LogP contribution in [0.1, 0.15) is 5.01 Å². The van der Waals surface area contributed by atoms with Gasteiger partial charge in [-0.25, -0.2) is 0 Å². The molecule has 0 aliphatic carbocycles. The van der Waals surface area contributed by atoms with Gasteiger partial charge in [0.25, 0.3) is 0 Å². The zero-order chi connectivity index (χ0) is 9.80. The normalized spacial score (nSPS) is 10.6. The highest BCUT2D eigenvalue weighted by Crippen LogP contribution is 2.20. The maximum Gasteiger partial charge on any atom is 0.169 e. The molecule has 0 fully saturated rings. The van der Waals surface area contributed by atoms with E-state index in [1.165, 1.54) is 0 Å². The van der Waals surface area contributed by atoms with Crippen LogP contribution >= 0.6 is 11.3 Å². The Bertz CT molecular complexity index is 381. The molecule has 2 N–H and O–H groups in total. The van der Waals surface area contributed by atoms with Crippen molar-refractivity contribution in [2.24, 2.45) is 0 Å². The van der Waals surface area contributed by atoms with Crippen molar-refractivity contribution in [2.75, 3.05) is 13.6 Å². The Hall–Kier alpha value is -1.34. The van der Waals surface area contributed by atoms with Crippen LogP contribution in [0.5, 0.6) is 0 Å². The van der Waals surface area contributed by atoms with E-state index in [0.29, 0.717) is 0 Å². The first-order chi connectivity index (χ1) is 6.90. The molecule has 0 aliphatic heterocycles. The molecule has 0 aliphatic rings. The summed E-state index contributed by atoms with van der Waals surface area (Å²) in [6.45, 7) is 0.910. The fourth-order valence-corrected chi connectivity index (χ4v) is 1.79. The van der Waals surface area contributed by atoms with Gasteiger partial charge in [0.1, 0.15) is 10.7 Å². The van der Waals surface area contributed by atoms with Gasteiger partial charge in [-0.05, 0) is 7.05 Å². The van der Waals surface area contributed by atoms with Crippen LogP contribution in [0.25, 0.3) is 10.7 Å². The van der Waals surface area contributed by atoms with E-state index in [1.54, 1.807) is 17.5 Å². The van der Waals surface area contributed by atoms with Gasteiger partial charge in [0.2, 0.25) is 0 Å². The van der Waals surface area contributed by atoms with Crippen molar-refractivity contribution in [1.82, 2.24) is 30.9 Å². The first-order valence-corrected chi connectivity index (χ1v) is 5.05. The van der Waals surface area contributed by atoms with Crippen LogP contribution in [-0.2, 0) is 6.42 Å². The number of H-pyrrole nitrogens is 1. The van der Waals surface area contributed by atoms with E-state index in [4.69, 9.17) is 0 Å². The summed E-state index contributed by atoms with van der Waals surface area (Å²) in [6, 6.07) is 0. The van der Waals surface area contributed by atoms with Crippen LogP contribution in [-0.4, -0.2) is 39.2 Å². The molecule has 0 amide bonds. The predicted octanol–water partition coefficient (Wildman–Crippen LogP) is 0.0851. The van der Waals surface area contributed by atoms with Gasteiger partial charge in [0.15, 0.2) is 5.01 Å². The lowest BCUT2D eigenvalue weighted by molar-refractivity contribution is 0.779. The van der Waals surface area contributed by atoms with Crippen molar-refractivity contribution >= 4 is 11.3 Å². The van der Waals surface area contributed by atoms with E-state index >= 15 is 0 Å². The minimum absolute atomic E-state index is 0.748. The molecule has 0 spiro atoms. The minimum Gasteiger partial charge on any atom is -0.319 e. The van der Waals surface area contributed by atoms with E-state index in [9.17, 15) is 0 Å². The highest BCUT2D eigenvalue weighted by Gasteiger charge is 2.07. The number of aromatic amines is 1. The first-order valence-electron chi connectivity index (χ1n) is 4.23. The molecule has 0 saturated carbocycles. The van der Waals surface area contributed by atoms with E-state index in [1.807, 2.05) is 7.05 Å². The molecule has 0 unspecified atom stereocenters. The summed E-state index contributed by atoms with van der Waals surface area (Å²) in [4.78, 5) is 0. The third kappa shape index (κ3) is 1.94. The van der Waals surface area contributed by atoms with Crippen LogP contribution in [0.2, 0.25) is 0 Å². The second kappa shape index (κ2) is 4.25. The molecule has 0 atom stereocenters. The zero-order valence-corrected chi connectivity index (χ0v) is 8.51. The second-order valence-electron chi connectivity index (χ2n) is 2.71. The fourth-order valence-electron chi connectivity index (χ4n) is 0.995. The SMILES string of the molecule is CNCCc1nnc(-c2cn[nH]n2)s1. The van der Waals surface area contributed by atoms with Crippen molar-refractivity contribution in [3.8, 4) is 10.7 Å². The minimum atomic E-state index is 0.748. The number of hydrogen-bond acceptors (Lipinski definition) is 6. The van der Waals surface area contributed by atoms with Gasteiger partial charge in [0.05, 0.1) is 6.20 Å². The summed E-state index contributed by atoms with van der Waals surface area (Å²) < 4.78 is 0. The maximum absolute atomic E-state index is 4.06. The number of likely N-dealkylation sites (N-methyl/N-ethyl adjacent to an activating group) is 1. The molecule has 0 bridgehead atoms. The Morgan fingerprint density at radius 1 is 1.50 bits per heavy atom. The lowest BCUT2D eigenvalue weighted by Gasteiger charge is -1.91. The Kier molecular flexibility index (Phi) is 2.80. The molecular weight excluding hydrogens is 200 g/mol. The summed E-state index contributed by atoms with van der Waals surface area (Å²) in [7, 11) is 1.92. The molecule has 74 valence electrons. The van der Waals surface area contributed by atoms with Gasteiger partial charge in [0, 0.05) is 13.0 Å². The average molecular weight is 210 g/mol. The lowest BCUT2D eigenvalue weighted by Crippen LogP contribution is -2.09. The standard InChI is InChI=1S/C7H10N6S/c1-8-3-2-6-11-12-7(14-6)5-4-9-13-10-5/h4,8H,2-3H2,1H3,(H,9,10,13). The predicted molar refractivity (Wildman–Crippen MR) is 52.9 cm³/mol. The summed E-state index contributed by atoms with van der Waals surface area (Å²) >= 11 is 1.55. The van der Waals surface area contributed by atoms with Gasteiger partial charge < -0.3 is 5.32 Å². The number of nitrogens with one attached hydrogen (secondary N) is 2. The van der Waals surface area contributed by atoms with Gasteiger partial charge in [-0.15, -0.1) is 10.2 Å². The molecule has 7 heteroatoms. The Morgan fingerprint density at radius 3 is 3.14 bits per heavy atom. The number of nitrogens with zero attached hydrogens (tertiary/aromatic N) is 4. The average Bonchev–Trinajstić information content (AvgIpc) is 2.85. The van der Waals surface area contributed by atoms with E-state index < -0.39 is 0 Å². The monoisotopic (exact) mass is 210 g/mol. The number of rotatable bonds is 4. The second-order valence-corrected chi connectivity index (χ2v) is 3.77. The number of hydrogen-bond donors (Lipinski definition) is 2.